The van der Waals surface area contributed by atoms with Crippen molar-refractivity contribution in [3.63, 3.8) is 0 Å². The van der Waals surface area contributed by atoms with E-state index in [9.17, 15) is 4.79 Å². The highest BCUT2D eigenvalue weighted by Gasteiger charge is 2.61. The van der Waals surface area contributed by atoms with Gasteiger partial charge in [0.15, 0.2) is 0 Å². The van der Waals surface area contributed by atoms with Gasteiger partial charge in [0, 0.05) is 22.7 Å². The topological polar surface area (TPSA) is 59.0 Å². The summed E-state index contributed by atoms with van der Waals surface area (Å²) >= 11 is 1.39. The van der Waals surface area contributed by atoms with Gasteiger partial charge in [-0.05, 0) is 49.4 Å². The van der Waals surface area contributed by atoms with Gasteiger partial charge in [0.05, 0.1) is 16.6 Å². The lowest BCUT2D eigenvalue weighted by Crippen LogP contribution is -2.33. The minimum absolute atomic E-state index is 0.00967. The van der Waals surface area contributed by atoms with E-state index in [4.69, 9.17) is 4.98 Å². The number of amides is 1. The molecule has 1 amide bonds. The van der Waals surface area contributed by atoms with Gasteiger partial charge in [0.25, 0.3) is 0 Å². The van der Waals surface area contributed by atoms with Crippen LogP contribution in [-0.2, 0) is 10.2 Å². The zero-order chi connectivity index (χ0) is 22.5. The molecule has 5 rings (SSSR count). The second kappa shape index (κ2) is 7.69. The molecule has 1 fully saturated rings. The van der Waals surface area contributed by atoms with Crippen LogP contribution in [0.2, 0.25) is 0 Å². The molecule has 3 aromatic rings. The molecule has 32 heavy (non-hydrogen) atoms. The maximum atomic E-state index is 13.6. The highest BCUT2D eigenvalue weighted by molar-refractivity contribution is 8.00. The highest BCUT2D eigenvalue weighted by Crippen LogP contribution is 2.66. The lowest BCUT2D eigenvalue weighted by atomic mass is 9.70. The van der Waals surface area contributed by atoms with Crippen LogP contribution in [0.25, 0.3) is 0 Å². The van der Waals surface area contributed by atoms with Crippen molar-refractivity contribution in [1.29, 1.82) is 0 Å². The van der Waals surface area contributed by atoms with Gasteiger partial charge >= 0.3 is 0 Å². The first kappa shape index (κ1) is 21.1. The standard InChI is InChI=1S/C26H28N4OS/c1-17(23(31)30(18-11-7-5-8-12-18)19-13-9-6-10-14-19)32-24-27-22-21(28-29-24)20-15-16-26(22,4)25(20,2)3/h5-14,17,20H,15-16H2,1-4H3/t17-,20+,26+/m1/s1. The van der Waals surface area contributed by atoms with Crippen LogP contribution in [-0.4, -0.2) is 26.3 Å². The van der Waals surface area contributed by atoms with Crippen LogP contribution in [0.1, 0.15) is 57.8 Å². The monoisotopic (exact) mass is 444 g/mol. The van der Waals surface area contributed by atoms with Crippen molar-refractivity contribution in [1.82, 2.24) is 15.2 Å². The summed E-state index contributed by atoms with van der Waals surface area (Å²) in [5.41, 5.74) is 3.98. The largest absolute Gasteiger partial charge is 0.280 e. The summed E-state index contributed by atoms with van der Waals surface area (Å²) in [4.78, 5) is 20.3. The van der Waals surface area contributed by atoms with Gasteiger partial charge in [-0.1, -0.05) is 68.9 Å². The van der Waals surface area contributed by atoms with Crippen molar-refractivity contribution in [2.75, 3.05) is 4.90 Å². The number of benzene rings is 2. The lowest BCUT2D eigenvalue weighted by molar-refractivity contribution is -0.117. The molecule has 0 unspecified atom stereocenters. The molecule has 6 heteroatoms. The van der Waals surface area contributed by atoms with Gasteiger partial charge < -0.3 is 0 Å². The Kier molecular flexibility index (Phi) is 5.08. The number of hydrogen-bond donors (Lipinski definition) is 0. The van der Waals surface area contributed by atoms with Crippen molar-refractivity contribution in [2.24, 2.45) is 5.41 Å². The molecule has 0 radical (unpaired) electrons. The smallest absolute Gasteiger partial charge is 0.244 e. The number of carbonyl (C=O) groups excluding carboxylic acids is 1. The molecule has 1 aromatic heterocycles. The van der Waals surface area contributed by atoms with E-state index in [1.54, 1.807) is 4.90 Å². The van der Waals surface area contributed by atoms with E-state index in [0.717, 1.165) is 35.6 Å². The predicted octanol–water partition coefficient (Wildman–Crippen LogP) is 5.89. The number of hydrogen-bond acceptors (Lipinski definition) is 5. The molecule has 0 aliphatic heterocycles. The van der Waals surface area contributed by atoms with Gasteiger partial charge in [-0.15, -0.1) is 5.10 Å². The van der Waals surface area contributed by atoms with Gasteiger partial charge in [0.1, 0.15) is 0 Å². The Labute approximate surface area is 193 Å². The van der Waals surface area contributed by atoms with Crippen molar-refractivity contribution in [3.05, 3.63) is 72.1 Å². The van der Waals surface area contributed by atoms with Crippen LogP contribution >= 0.6 is 11.8 Å². The Morgan fingerprint density at radius 3 is 2.19 bits per heavy atom. The predicted molar refractivity (Wildman–Crippen MR) is 128 cm³/mol. The molecule has 1 saturated carbocycles. The highest BCUT2D eigenvalue weighted by atomic mass is 32.2. The molecule has 2 aliphatic rings. The number of carbonyl (C=O) groups is 1. The Bertz CT molecular complexity index is 1110. The maximum absolute atomic E-state index is 13.6. The summed E-state index contributed by atoms with van der Waals surface area (Å²) < 4.78 is 0. The van der Waals surface area contributed by atoms with E-state index in [2.05, 4.69) is 31.0 Å². The van der Waals surface area contributed by atoms with E-state index < -0.39 is 0 Å². The zero-order valence-electron chi connectivity index (χ0n) is 18.9. The molecule has 0 N–H and O–H groups in total. The van der Waals surface area contributed by atoms with Gasteiger partial charge in [-0.3, -0.25) is 9.69 Å². The molecular weight excluding hydrogens is 416 g/mol. The molecule has 5 nitrogen and oxygen atoms in total. The first-order chi connectivity index (χ1) is 15.3. The first-order valence-corrected chi connectivity index (χ1v) is 12.1. The lowest BCUT2D eigenvalue weighted by Gasteiger charge is -2.34. The molecule has 2 aliphatic carbocycles. The summed E-state index contributed by atoms with van der Waals surface area (Å²) in [7, 11) is 0. The number of para-hydroxylation sites is 2. The van der Waals surface area contributed by atoms with E-state index >= 15 is 0 Å². The summed E-state index contributed by atoms with van der Waals surface area (Å²) in [6.07, 6.45) is 2.28. The number of thioether (sulfide) groups is 1. The molecule has 164 valence electrons. The van der Waals surface area contributed by atoms with Crippen LogP contribution in [0.5, 0.6) is 0 Å². The second-order valence-electron chi connectivity index (χ2n) is 9.58. The van der Waals surface area contributed by atoms with Crippen LogP contribution in [0.15, 0.2) is 65.8 Å². The number of rotatable bonds is 5. The number of fused-ring (bicyclic) bond motifs is 5. The summed E-state index contributed by atoms with van der Waals surface area (Å²) in [5.74, 6) is 0.414. The second-order valence-corrected chi connectivity index (χ2v) is 10.9. The summed E-state index contributed by atoms with van der Waals surface area (Å²) in [5, 5.41) is 9.24. The minimum Gasteiger partial charge on any atom is -0.280 e. The van der Waals surface area contributed by atoms with Crippen molar-refractivity contribution >= 4 is 29.0 Å². The molecule has 0 saturated heterocycles. The van der Waals surface area contributed by atoms with Gasteiger partial charge in [-0.2, -0.15) is 5.10 Å². The number of nitrogens with zero attached hydrogens (tertiary/aromatic N) is 4. The SMILES string of the molecule is C[C@@H](Sc1nnc2c(n1)[C@]1(C)CC[C@@H]2C1(C)C)C(=O)N(c1ccccc1)c1ccccc1. The first-order valence-electron chi connectivity index (χ1n) is 11.2. The average Bonchev–Trinajstić information content (AvgIpc) is 3.13. The molecular formula is C26H28N4OS. The Morgan fingerprint density at radius 2 is 1.59 bits per heavy atom. The quantitative estimate of drug-likeness (QED) is 0.459. The van der Waals surface area contributed by atoms with Gasteiger partial charge in [-0.25, -0.2) is 4.98 Å². The maximum Gasteiger partial charge on any atom is 0.244 e. The molecule has 0 spiro atoms. The van der Waals surface area contributed by atoms with Crippen LogP contribution < -0.4 is 4.90 Å². The normalized spacial score (nSPS) is 23.6. The summed E-state index contributed by atoms with van der Waals surface area (Å²) in [6, 6.07) is 19.5. The van der Waals surface area contributed by atoms with Crippen molar-refractivity contribution in [2.45, 2.75) is 62.3 Å². The van der Waals surface area contributed by atoms with Crippen LogP contribution in [0.4, 0.5) is 11.4 Å². The zero-order valence-corrected chi connectivity index (χ0v) is 19.8. The van der Waals surface area contributed by atoms with E-state index in [1.807, 2.05) is 67.6 Å². The molecule has 3 atom stereocenters. The fourth-order valence-corrected chi connectivity index (χ4v) is 6.12. The fraction of sp³-hybridized carbons (Fsp3) is 0.385. The van der Waals surface area contributed by atoms with Crippen molar-refractivity contribution < 1.29 is 4.79 Å². The van der Waals surface area contributed by atoms with Crippen LogP contribution in [0, 0.1) is 5.41 Å². The molecule has 2 bridgehead atoms. The number of aromatic nitrogens is 3. The van der Waals surface area contributed by atoms with E-state index in [-0.39, 0.29) is 22.0 Å². The fourth-order valence-electron chi connectivity index (χ4n) is 5.36. The Morgan fingerprint density at radius 1 is 1.00 bits per heavy atom. The van der Waals surface area contributed by atoms with E-state index in [0.29, 0.717) is 11.1 Å². The Hall–Kier alpha value is -2.73. The average molecular weight is 445 g/mol. The minimum atomic E-state index is -0.366. The third kappa shape index (κ3) is 3.15. The summed E-state index contributed by atoms with van der Waals surface area (Å²) in [6.45, 7) is 8.87. The third-order valence-corrected chi connectivity index (χ3v) is 8.59. The third-order valence-electron chi connectivity index (χ3n) is 7.65. The molecule has 2 aromatic carbocycles. The van der Waals surface area contributed by atoms with Crippen molar-refractivity contribution in [3.8, 4) is 0 Å². The number of anilines is 2. The van der Waals surface area contributed by atoms with E-state index in [1.165, 1.54) is 11.8 Å². The van der Waals surface area contributed by atoms with Gasteiger partial charge in [0.2, 0.25) is 11.1 Å². The van der Waals surface area contributed by atoms with Crippen LogP contribution in [0.3, 0.4) is 0 Å². The Balaban J connectivity index is 1.43. The molecule has 1 heterocycles.